The second kappa shape index (κ2) is 7.98. The summed E-state index contributed by atoms with van der Waals surface area (Å²) in [6.45, 7) is 5.77. The van der Waals surface area contributed by atoms with Crippen LogP contribution in [0.2, 0.25) is 0 Å². The molecule has 5 nitrogen and oxygen atoms in total. The highest BCUT2D eigenvalue weighted by Gasteiger charge is 2.31. The molecule has 2 aliphatic heterocycles. The Balaban J connectivity index is 1.90. The molecule has 0 spiro atoms. The van der Waals surface area contributed by atoms with Crippen molar-refractivity contribution in [2.75, 3.05) is 39.4 Å². The highest BCUT2D eigenvalue weighted by Crippen LogP contribution is 2.19. The van der Waals surface area contributed by atoms with Crippen LogP contribution in [0.4, 0.5) is 0 Å². The minimum Gasteiger partial charge on any atom is -0.378 e. The van der Waals surface area contributed by atoms with Gasteiger partial charge in [-0.05, 0) is 19.8 Å². The zero-order valence-electron chi connectivity index (χ0n) is 12.7. The summed E-state index contributed by atoms with van der Waals surface area (Å²) < 4.78 is 5.28. The van der Waals surface area contributed by atoms with Crippen LogP contribution in [0, 0.1) is 5.92 Å². The van der Waals surface area contributed by atoms with E-state index in [0.29, 0.717) is 32.8 Å². The zero-order valence-corrected chi connectivity index (χ0v) is 12.7. The summed E-state index contributed by atoms with van der Waals surface area (Å²) in [6, 6.07) is 0. The summed E-state index contributed by atoms with van der Waals surface area (Å²) in [5, 5.41) is 0. The van der Waals surface area contributed by atoms with Gasteiger partial charge in [0.2, 0.25) is 11.8 Å². The Hall–Kier alpha value is -1.62. The van der Waals surface area contributed by atoms with Crippen LogP contribution in [0.3, 0.4) is 0 Å². The number of amides is 2. The van der Waals surface area contributed by atoms with Crippen LogP contribution in [0.15, 0.2) is 24.3 Å². The Morgan fingerprint density at radius 1 is 1.10 bits per heavy atom. The van der Waals surface area contributed by atoms with Gasteiger partial charge in [0.15, 0.2) is 0 Å². The lowest BCUT2D eigenvalue weighted by atomic mass is 9.96. The number of hydrogen-bond donors (Lipinski definition) is 0. The van der Waals surface area contributed by atoms with Gasteiger partial charge in [0.05, 0.1) is 19.1 Å². The van der Waals surface area contributed by atoms with Crippen molar-refractivity contribution >= 4 is 11.8 Å². The number of morpholine rings is 1. The molecule has 2 heterocycles. The Bertz CT molecular complexity index is 425. The van der Waals surface area contributed by atoms with E-state index in [9.17, 15) is 9.59 Å². The molecule has 0 aliphatic carbocycles. The van der Waals surface area contributed by atoms with Gasteiger partial charge in [0, 0.05) is 32.3 Å². The molecule has 5 heteroatoms. The topological polar surface area (TPSA) is 49.9 Å². The molecule has 2 fully saturated rings. The summed E-state index contributed by atoms with van der Waals surface area (Å²) >= 11 is 0. The summed E-state index contributed by atoms with van der Waals surface area (Å²) in [6.07, 6.45) is 8.79. The Kier molecular flexibility index (Phi) is 5.99. The van der Waals surface area contributed by atoms with Crippen molar-refractivity contribution in [2.24, 2.45) is 5.92 Å². The molecule has 2 amide bonds. The van der Waals surface area contributed by atoms with Gasteiger partial charge in [0.1, 0.15) is 0 Å². The van der Waals surface area contributed by atoms with Gasteiger partial charge in [-0.2, -0.15) is 0 Å². The fraction of sp³-hybridized carbons (Fsp3) is 0.625. The summed E-state index contributed by atoms with van der Waals surface area (Å²) in [7, 11) is 0. The van der Waals surface area contributed by atoms with Crippen molar-refractivity contribution in [3.63, 3.8) is 0 Å². The molecule has 0 saturated carbocycles. The quantitative estimate of drug-likeness (QED) is 0.580. The van der Waals surface area contributed by atoms with Crippen LogP contribution in [-0.2, 0) is 14.3 Å². The highest BCUT2D eigenvalue weighted by molar-refractivity contribution is 5.88. The zero-order chi connectivity index (χ0) is 15.1. The van der Waals surface area contributed by atoms with Crippen molar-refractivity contribution < 1.29 is 14.3 Å². The van der Waals surface area contributed by atoms with Crippen LogP contribution < -0.4 is 0 Å². The van der Waals surface area contributed by atoms with E-state index < -0.39 is 0 Å². The third-order valence-electron chi connectivity index (χ3n) is 3.95. The third kappa shape index (κ3) is 4.43. The highest BCUT2D eigenvalue weighted by atomic mass is 16.5. The Labute approximate surface area is 126 Å². The summed E-state index contributed by atoms with van der Waals surface area (Å²) in [5.41, 5.74) is 0. The first kappa shape index (κ1) is 15.8. The van der Waals surface area contributed by atoms with E-state index in [-0.39, 0.29) is 17.7 Å². The number of carbonyl (C=O) groups is 2. The van der Waals surface area contributed by atoms with Crippen molar-refractivity contribution in [3.05, 3.63) is 24.3 Å². The molecular weight excluding hydrogens is 268 g/mol. The number of carbonyl (C=O) groups excluding carboxylic acids is 2. The Morgan fingerprint density at radius 2 is 1.86 bits per heavy atom. The van der Waals surface area contributed by atoms with E-state index in [0.717, 1.165) is 19.4 Å². The number of likely N-dealkylation sites (tertiary alicyclic amines) is 1. The molecule has 1 atom stereocenters. The molecule has 0 aromatic heterocycles. The first-order valence-corrected chi connectivity index (χ1v) is 7.67. The van der Waals surface area contributed by atoms with Crippen molar-refractivity contribution in [1.29, 1.82) is 0 Å². The number of nitrogens with zero attached hydrogens (tertiary/aromatic N) is 2. The predicted octanol–water partition coefficient (Wildman–Crippen LogP) is 1.22. The van der Waals surface area contributed by atoms with Crippen LogP contribution in [0.1, 0.15) is 19.8 Å². The van der Waals surface area contributed by atoms with Gasteiger partial charge in [-0.25, -0.2) is 0 Å². The number of allylic oxidation sites excluding steroid dienone is 3. The summed E-state index contributed by atoms with van der Waals surface area (Å²) in [4.78, 5) is 28.2. The maximum absolute atomic E-state index is 12.5. The normalized spacial score (nSPS) is 24.0. The van der Waals surface area contributed by atoms with E-state index in [2.05, 4.69) is 0 Å². The average molecular weight is 292 g/mol. The van der Waals surface area contributed by atoms with Crippen molar-refractivity contribution in [1.82, 2.24) is 9.80 Å². The molecule has 0 aromatic carbocycles. The van der Waals surface area contributed by atoms with Gasteiger partial charge < -0.3 is 14.5 Å². The SMILES string of the molecule is C/C=C/C=C/C(=O)N1CCC[C@H](C(=O)N2CCOCC2)C1. The lowest BCUT2D eigenvalue weighted by molar-refractivity contribution is -0.143. The lowest BCUT2D eigenvalue weighted by Gasteiger charge is -2.35. The monoisotopic (exact) mass is 292 g/mol. The second-order valence-corrected chi connectivity index (χ2v) is 5.45. The smallest absolute Gasteiger partial charge is 0.246 e. The maximum Gasteiger partial charge on any atom is 0.246 e. The number of piperidine rings is 1. The predicted molar refractivity (Wildman–Crippen MR) is 80.7 cm³/mol. The van der Waals surface area contributed by atoms with Crippen LogP contribution >= 0.6 is 0 Å². The van der Waals surface area contributed by atoms with Crippen LogP contribution in [0.25, 0.3) is 0 Å². The average Bonchev–Trinajstić information content (AvgIpc) is 2.55. The molecule has 0 unspecified atom stereocenters. The molecule has 2 aliphatic rings. The largest absolute Gasteiger partial charge is 0.378 e. The molecule has 21 heavy (non-hydrogen) atoms. The van der Waals surface area contributed by atoms with Crippen LogP contribution in [-0.4, -0.2) is 61.0 Å². The minimum atomic E-state index is -0.0593. The molecule has 2 rings (SSSR count). The van der Waals surface area contributed by atoms with E-state index in [1.165, 1.54) is 0 Å². The third-order valence-corrected chi connectivity index (χ3v) is 3.95. The standard InChI is InChI=1S/C16H24N2O3/c1-2-3-4-7-15(19)18-8-5-6-14(13-18)16(20)17-9-11-21-12-10-17/h2-4,7,14H,5-6,8-13H2,1H3/b3-2+,7-4+/t14-/m0/s1. The number of ether oxygens (including phenoxy) is 1. The van der Waals surface area contributed by atoms with E-state index >= 15 is 0 Å². The van der Waals surface area contributed by atoms with Crippen molar-refractivity contribution in [3.8, 4) is 0 Å². The van der Waals surface area contributed by atoms with E-state index in [1.807, 2.05) is 24.0 Å². The second-order valence-electron chi connectivity index (χ2n) is 5.45. The van der Waals surface area contributed by atoms with Gasteiger partial charge >= 0.3 is 0 Å². The van der Waals surface area contributed by atoms with Gasteiger partial charge in [-0.1, -0.05) is 18.2 Å². The first-order chi connectivity index (χ1) is 10.2. The number of rotatable bonds is 3. The maximum atomic E-state index is 12.5. The molecule has 0 bridgehead atoms. The molecule has 0 aromatic rings. The van der Waals surface area contributed by atoms with Gasteiger partial charge in [-0.3, -0.25) is 9.59 Å². The summed E-state index contributed by atoms with van der Waals surface area (Å²) in [5.74, 6) is 0.108. The number of hydrogen-bond acceptors (Lipinski definition) is 3. The van der Waals surface area contributed by atoms with Crippen molar-refractivity contribution in [2.45, 2.75) is 19.8 Å². The molecule has 0 N–H and O–H groups in total. The van der Waals surface area contributed by atoms with Gasteiger partial charge in [0.25, 0.3) is 0 Å². The minimum absolute atomic E-state index is 0.00687. The first-order valence-electron chi connectivity index (χ1n) is 7.67. The molecular formula is C16H24N2O3. The van der Waals surface area contributed by atoms with Gasteiger partial charge in [-0.15, -0.1) is 0 Å². The molecule has 0 radical (unpaired) electrons. The van der Waals surface area contributed by atoms with Crippen LogP contribution in [0.5, 0.6) is 0 Å². The lowest BCUT2D eigenvalue weighted by Crippen LogP contribution is -2.49. The molecule has 2 saturated heterocycles. The van der Waals surface area contributed by atoms with E-state index in [4.69, 9.17) is 4.74 Å². The Morgan fingerprint density at radius 3 is 2.57 bits per heavy atom. The molecule has 116 valence electrons. The fourth-order valence-corrected chi connectivity index (χ4v) is 2.78. The fourth-order valence-electron chi connectivity index (χ4n) is 2.78. The van der Waals surface area contributed by atoms with E-state index in [1.54, 1.807) is 17.1 Å².